The second-order valence-corrected chi connectivity index (χ2v) is 8.95. The molecule has 1 amide bonds. The number of amides is 1. The summed E-state index contributed by atoms with van der Waals surface area (Å²) in [6, 6.07) is 12.5. The van der Waals surface area contributed by atoms with Crippen molar-refractivity contribution < 1.29 is 17.9 Å². The van der Waals surface area contributed by atoms with Crippen molar-refractivity contribution in [2.75, 3.05) is 17.5 Å². The molecule has 6 nitrogen and oxygen atoms in total. The van der Waals surface area contributed by atoms with Crippen molar-refractivity contribution in [2.45, 2.75) is 44.6 Å². The van der Waals surface area contributed by atoms with Crippen molar-refractivity contribution in [3.05, 3.63) is 53.6 Å². The van der Waals surface area contributed by atoms with Gasteiger partial charge in [0.2, 0.25) is 5.91 Å². The first-order chi connectivity index (χ1) is 13.8. The molecule has 0 heterocycles. The quantitative estimate of drug-likeness (QED) is 0.602. The standard InChI is InChI=1S/C21H27ClN2O4S/c1-4-6-16(3)23-21(25)15-24(18-9-11-19(12-10-18)28-5-2)29(26,27)20-13-7-17(22)8-14-20/h7-14,16H,4-6,15H2,1-3H3,(H,23,25)/t16-/m0/s1. The molecule has 158 valence electrons. The van der Waals surface area contributed by atoms with Gasteiger partial charge in [0.05, 0.1) is 17.2 Å². The summed E-state index contributed by atoms with van der Waals surface area (Å²) in [5.74, 6) is 0.262. The molecule has 2 aromatic carbocycles. The molecule has 2 rings (SSSR count). The minimum Gasteiger partial charge on any atom is -0.494 e. The molecule has 0 aliphatic rings. The van der Waals surface area contributed by atoms with Crippen molar-refractivity contribution in [3.63, 3.8) is 0 Å². The minimum atomic E-state index is -3.97. The van der Waals surface area contributed by atoms with E-state index in [2.05, 4.69) is 5.32 Å². The molecule has 2 aromatic rings. The topological polar surface area (TPSA) is 75.7 Å². The SMILES string of the molecule is CCC[C@H](C)NC(=O)CN(c1ccc(OCC)cc1)S(=O)(=O)c1ccc(Cl)cc1. The Kier molecular flexibility index (Phi) is 8.34. The number of carbonyl (C=O) groups is 1. The lowest BCUT2D eigenvalue weighted by Crippen LogP contribution is -2.43. The molecule has 0 aromatic heterocycles. The Labute approximate surface area is 177 Å². The van der Waals surface area contributed by atoms with E-state index in [0.717, 1.165) is 17.1 Å². The maximum Gasteiger partial charge on any atom is 0.264 e. The van der Waals surface area contributed by atoms with Gasteiger partial charge in [-0.05, 0) is 68.8 Å². The molecule has 0 radical (unpaired) electrons. The van der Waals surface area contributed by atoms with E-state index >= 15 is 0 Å². The molecule has 0 fully saturated rings. The first-order valence-electron chi connectivity index (χ1n) is 9.58. The molecule has 8 heteroatoms. The van der Waals surface area contributed by atoms with Gasteiger partial charge in [0.1, 0.15) is 12.3 Å². The average molecular weight is 439 g/mol. The number of ether oxygens (including phenoxy) is 1. The zero-order valence-corrected chi connectivity index (χ0v) is 18.5. The number of sulfonamides is 1. The van der Waals surface area contributed by atoms with Crippen LogP contribution < -0.4 is 14.4 Å². The molecule has 0 aliphatic heterocycles. The van der Waals surface area contributed by atoms with Gasteiger partial charge in [-0.2, -0.15) is 0 Å². The van der Waals surface area contributed by atoms with Crippen LogP contribution in [0.4, 0.5) is 5.69 Å². The minimum absolute atomic E-state index is 0.0343. The van der Waals surface area contributed by atoms with E-state index in [1.807, 2.05) is 20.8 Å². The van der Waals surface area contributed by atoms with E-state index in [1.54, 1.807) is 24.3 Å². The number of rotatable bonds is 10. The van der Waals surface area contributed by atoms with Crippen LogP contribution in [0.3, 0.4) is 0 Å². The Bertz CT molecular complexity index is 899. The molecule has 1 atom stereocenters. The largest absolute Gasteiger partial charge is 0.494 e. The maximum atomic E-state index is 13.3. The highest BCUT2D eigenvalue weighted by molar-refractivity contribution is 7.92. The number of hydrogen-bond acceptors (Lipinski definition) is 4. The van der Waals surface area contributed by atoms with Gasteiger partial charge in [0.25, 0.3) is 10.0 Å². The fourth-order valence-corrected chi connectivity index (χ4v) is 4.43. The van der Waals surface area contributed by atoms with Crippen LogP contribution in [-0.4, -0.2) is 33.5 Å². The smallest absolute Gasteiger partial charge is 0.264 e. The third-order valence-electron chi connectivity index (χ3n) is 4.25. The molecule has 0 spiro atoms. The normalized spacial score (nSPS) is 12.3. The number of nitrogens with one attached hydrogen (secondary N) is 1. The lowest BCUT2D eigenvalue weighted by molar-refractivity contribution is -0.120. The number of carbonyl (C=O) groups excluding carboxylic acids is 1. The highest BCUT2D eigenvalue weighted by atomic mass is 35.5. The predicted molar refractivity (Wildman–Crippen MR) is 116 cm³/mol. The summed E-state index contributed by atoms with van der Waals surface area (Å²) < 4.78 is 33.1. The Morgan fingerprint density at radius 3 is 2.28 bits per heavy atom. The first kappa shape index (κ1) is 23.0. The fraction of sp³-hybridized carbons (Fsp3) is 0.381. The summed E-state index contributed by atoms with van der Waals surface area (Å²) in [6.45, 7) is 5.97. The van der Waals surface area contributed by atoms with E-state index in [1.165, 1.54) is 24.3 Å². The molecular weight excluding hydrogens is 412 g/mol. The van der Waals surface area contributed by atoms with Gasteiger partial charge in [-0.15, -0.1) is 0 Å². The summed E-state index contributed by atoms with van der Waals surface area (Å²) in [4.78, 5) is 12.6. The van der Waals surface area contributed by atoms with Crippen LogP contribution in [0.1, 0.15) is 33.6 Å². The van der Waals surface area contributed by atoms with Crippen LogP contribution in [0.2, 0.25) is 5.02 Å². The summed E-state index contributed by atoms with van der Waals surface area (Å²) in [5, 5.41) is 3.29. The molecule has 0 bridgehead atoms. The highest BCUT2D eigenvalue weighted by Crippen LogP contribution is 2.26. The molecule has 0 unspecified atom stereocenters. The second kappa shape index (κ2) is 10.5. The second-order valence-electron chi connectivity index (χ2n) is 6.65. The summed E-state index contributed by atoms with van der Waals surface area (Å²) >= 11 is 5.89. The molecule has 0 saturated carbocycles. The van der Waals surface area contributed by atoms with Crippen LogP contribution >= 0.6 is 11.6 Å². The zero-order valence-electron chi connectivity index (χ0n) is 16.9. The summed E-state index contributed by atoms with van der Waals surface area (Å²) in [6.07, 6.45) is 1.74. The van der Waals surface area contributed by atoms with Crippen LogP contribution in [0.25, 0.3) is 0 Å². The molecule has 0 aliphatic carbocycles. The summed E-state index contributed by atoms with van der Waals surface area (Å²) in [7, 11) is -3.97. The zero-order chi connectivity index (χ0) is 21.4. The van der Waals surface area contributed by atoms with Gasteiger partial charge in [-0.1, -0.05) is 24.9 Å². The molecule has 0 saturated heterocycles. The number of nitrogens with zero attached hydrogens (tertiary/aromatic N) is 1. The Morgan fingerprint density at radius 1 is 1.10 bits per heavy atom. The fourth-order valence-electron chi connectivity index (χ4n) is 2.88. The molecule has 29 heavy (non-hydrogen) atoms. The third kappa shape index (κ3) is 6.37. The number of benzene rings is 2. The van der Waals surface area contributed by atoms with Crippen molar-refractivity contribution in [3.8, 4) is 5.75 Å². The predicted octanol–water partition coefficient (Wildman–Crippen LogP) is 4.24. The number of hydrogen-bond donors (Lipinski definition) is 1. The van der Waals surface area contributed by atoms with Gasteiger partial charge in [0.15, 0.2) is 0 Å². The van der Waals surface area contributed by atoms with E-state index in [4.69, 9.17) is 16.3 Å². The van der Waals surface area contributed by atoms with E-state index in [-0.39, 0.29) is 23.4 Å². The van der Waals surface area contributed by atoms with Gasteiger partial charge in [0, 0.05) is 11.1 Å². The van der Waals surface area contributed by atoms with Crippen LogP contribution in [-0.2, 0) is 14.8 Å². The van der Waals surface area contributed by atoms with Gasteiger partial charge in [-0.3, -0.25) is 9.10 Å². The van der Waals surface area contributed by atoms with Gasteiger partial charge >= 0.3 is 0 Å². The van der Waals surface area contributed by atoms with E-state index in [9.17, 15) is 13.2 Å². The number of anilines is 1. The maximum absolute atomic E-state index is 13.3. The highest BCUT2D eigenvalue weighted by Gasteiger charge is 2.27. The van der Waals surface area contributed by atoms with Crippen molar-refractivity contribution >= 4 is 33.2 Å². The third-order valence-corrected chi connectivity index (χ3v) is 6.29. The Hall–Kier alpha value is -2.25. The van der Waals surface area contributed by atoms with Crippen molar-refractivity contribution in [2.24, 2.45) is 0 Å². The van der Waals surface area contributed by atoms with Crippen molar-refractivity contribution in [1.29, 1.82) is 0 Å². The lowest BCUT2D eigenvalue weighted by atomic mass is 10.2. The first-order valence-corrected chi connectivity index (χ1v) is 11.4. The monoisotopic (exact) mass is 438 g/mol. The van der Waals surface area contributed by atoms with Crippen LogP contribution in [0.5, 0.6) is 5.75 Å². The van der Waals surface area contributed by atoms with Crippen LogP contribution in [0.15, 0.2) is 53.4 Å². The molecule has 1 N–H and O–H groups in total. The Morgan fingerprint density at radius 2 is 1.72 bits per heavy atom. The van der Waals surface area contributed by atoms with Gasteiger partial charge < -0.3 is 10.1 Å². The molecular formula is C21H27ClN2O4S. The van der Waals surface area contributed by atoms with E-state index in [0.29, 0.717) is 23.1 Å². The Balaban J connectivity index is 2.36. The average Bonchev–Trinajstić information content (AvgIpc) is 2.67. The summed E-state index contributed by atoms with van der Waals surface area (Å²) in [5.41, 5.74) is 0.377. The lowest BCUT2D eigenvalue weighted by Gasteiger charge is -2.25. The number of halogens is 1. The van der Waals surface area contributed by atoms with Crippen molar-refractivity contribution in [1.82, 2.24) is 5.32 Å². The van der Waals surface area contributed by atoms with Crippen LogP contribution in [0, 0.1) is 0 Å². The van der Waals surface area contributed by atoms with E-state index < -0.39 is 10.0 Å². The van der Waals surface area contributed by atoms with Gasteiger partial charge in [-0.25, -0.2) is 8.42 Å².